The van der Waals surface area contributed by atoms with E-state index in [0.717, 1.165) is 19.3 Å². The van der Waals surface area contributed by atoms with Gasteiger partial charge < -0.3 is 39.6 Å². The van der Waals surface area contributed by atoms with E-state index in [1.807, 2.05) is 13.8 Å². The number of aliphatic hydroxyl groups is 1. The van der Waals surface area contributed by atoms with Gasteiger partial charge in [0, 0.05) is 66.3 Å². The molecule has 1 saturated carbocycles. The normalized spacial score (nSPS) is 30.1. The molecule has 2 aliphatic heterocycles. The van der Waals surface area contributed by atoms with Gasteiger partial charge in [0.05, 0.1) is 24.7 Å². The van der Waals surface area contributed by atoms with Crippen molar-refractivity contribution in [1.82, 2.24) is 0 Å². The number of aliphatic carboxylic acids is 1. The zero-order valence-electron chi connectivity index (χ0n) is 26.9. The van der Waals surface area contributed by atoms with Crippen LogP contribution in [0.1, 0.15) is 66.7 Å². The molecule has 10 nitrogen and oxygen atoms in total. The predicted octanol–water partition coefficient (Wildman–Crippen LogP) is 4.51. The van der Waals surface area contributed by atoms with Crippen molar-refractivity contribution in [3.05, 3.63) is 35.6 Å². The number of carbonyl (C=O) groups excluding carboxylic acids is 1. The number of aliphatic hydroxyl groups excluding tert-OH is 1. The molecule has 4 unspecified atom stereocenters. The molecular weight excluding hydrogens is 530 g/mol. The summed E-state index contributed by atoms with van der Waals surface area (Å²) >= 11 is 0. The number of carboxylic acids is 1. The molecule has 1 fully saturated rings. The number of methoxy groups -OCH3 is 3. The van der Waals surface area contributed by atoms with Crippen LogP contribution in [0.15, 0.2) is 35.6 Å². The van der Waals surface area contributed by atoms with Gasteiger partial charge in [0.2, 0.25) is 0 Å². The van der Waals surface area contributed by atoms with Gasteiger partial charge in [-0.05, 0) is 38.7 Å². The third-order valence-electron chi connectivity index (χ3n) is 6.53. The summed E-state index contributed by atoms with van der Waals surface area (Å²) in [6, 6.07) is 0. The molecule has 0 radical (unpaired) electrons. The van der Waals surface area contributed by atoms with Gasteiger partial charge in [-0.15, -0.1) is 0 Å². The summed E-state index contributed by atoms with van der Waals surface area (Å²) in [5.41, 5.74) is 5.93. The summed E-state index contributed by atoms with van der Waals surface area (Å²) in [5.74, 6) is -0.913. The second-order valence-electron chi connectivity index (χ2n) is 9.92. The molecule has 41 heavy (non-hydrogen) atoms. The standard InChI is InChI=1S/C21H32O5.C4H7NO2.2C2H6O.C2H6/c1-13-10-14(2)21-16(12-20(23)25-18(13)8-9-24-3)5-4-15-11-17(22)6-7-19(15)26-21;1-2-3(5)4(6)7;2*1-3-2;1-2/h4-5,10,13,15-19,21-22H,6-9,11-12H2,1-3H3;2H,5H2,1H3,(H,6,7);2*1-2H3;1-2H3/b14-10+;3-2-;;;/t13-,15?,16-,17?,18-,19?,21?;;;;/m1..../s1. The Morgan fingerprint density at radius 1 is 1.10 bits per heavy atom. The Morgan fingerprint density at radius 3 is 2.15 bits per heavy atom. The Morgan fingerprint density at radius 2 is 1.66 bits per heavy atom. The second kappa shape index (κ2) is 24.4. The Hall–Kier alpha value is -2.24. The van der Waals surface area contributed by atoms with E-state index in [0.29, 0.717) is 19.4 Å². The van der Waals surface area contributed by atoms with Crippen LogP contribution in [-0.4, -0.2) is 88.7 Å². The molecule has 3 aliphatic rings. The molecule has 0 bridgehead atoms. The summed E-state index contributed by atoms with van der Waals surface area (Å²) in [5, 5.41) is 18.0. The zero-order chi connectivity index (χ0) is 32.0. The van der Waals surface area contributed by atoms with E-state index in [2.05, 4.69) is 41.5 Å². The first-order valence-corrected chi connectivity index (χ1v) is 14.3. The molecule has 4 N–H and O–H groups in total. The van der Waals surface area contributed by atoms with Crippen molar-refractivity contribution in [1.29, 1.82) is 0 Å². The number of carboxylic acid groups (broad SMARTS) is 1. The van der Waals surface area contributed by atoms with Gasteiger partial charge in [0.15, 0.2) is 0 Å². The average molecular weight is 588 g/mol. The molecule has 3 rings (SSSR count). The third kappa shape index (κ3) is 16.7. The molecule has 2 heterocycles. The van der Waals surface area contributed by atoms with Crippen molar-refractivity contribution < 1.29 is 43.5 Å². The second-order valence-corrected chi connectivity index (χ2v) is 9.92. The lowest BCUT2D eigenvalue weighted by Crippen LogP contribution is -2.36. The minimum Gasteiger partial charge on any atom is -0.477 e. The summed E-state index contributed by atoms with van der Waals surface area (Å²) in [4.78, 5) is 22.3. The molecule has 0 saturated heterocycles. The number of allylic oxidation sites excluding steroid dienone is 1. The molecule has 1 aliphatic carbocycles. The van der Waals surface area contributed by atoms with Crippen LogP contribution in [0.25, 0.3) is 0 Å². The molecule has 0 aromatic heterocycles. The number of esters is 1. The minimum absolute atomic E-state index is 0.0186. The topological polar surface area (TPSA) is 147 Å². The van der Waals surface area contributed by atoms with Crippen molar-refractivity contribution in [2.75, 3.05) is 42.2 Å². The summed E-state index contributed by atoms with van der Waals surface area (Å²) in [7, 11) is 8.16. The number of hydrogen-bond donors (Lipinski definition) is 3. The number of ether oxygens (including phenoxy) is 5. The highest BCUT2D eigenvalue weighted by molar-refractivity contribution is 5.85. The van der Waals surface area contributed by atoms with Crippen LogP contribution in [0.4, 0.5) is 0 Å². The molecule has 10 heteroatoms. The summed E-state index contributed by atoms with van der Waals surface area (Å²) in [6.45, 7) is 10.3. The van der Waals surface area contributed by atoms with E-state index in [9.17, 15) is 14.7 Å². The maximum atomic E-state index is 12.5. The smallest absolute Gasteiger partial charge is 0.351 e. The summed E-state index contributed by atoms with van der Waals surface area (Å²) in [6.07, 6.45) is 10.8. The van der Waals surface area contributed by atoms with Crippen LogP contribution in [0.2, 0.25) is 0 Å². The van der Waals surface area contributed by atoms with E-state index >= 15 is 0 Å². The van der Waals surface area contributed by atoms with Crippen molar-refractivity contribution in [3.63, 3.8) is 0 Å². The Kier molecular flexibility index (Phi) is 24.3. The van der Waals surface area contributed by atoms with E-state index < -0.39 is 5.97 Å². The first kappa shape index (κ1) is 40.9. The van der Waals surface area contributed by atoms with Crippen LogP contribution < -0.4 is 5.73 Å². The number of fused-ring (bicyclic) bond motifs is 2. The lowest BCUT2D eigenvalue weighted by Gasteiger charge is -2.34. The third-order valence-corrected chi connectivity index (χ3v) is 6.53. The largest absolute Gasteiger partial charge is 0.477 e. The van der Waals surface area contributed by atoms with Gasteiger partial charge in [-0.2, -0.15) is 0 Å². The van der Waals surface area contributed by atoms with Crippen LogP contribution >= 0.6 is 0 Å². The zero-order valence-corrected chi connectivity index (χ0v) is 26.9. The maximum Gasteiger partial charge on any atom is 0.351 e. The fourth-order valence-corrected chi connectivity index (χ4v) is 4.63. The fourth-order valence-electron chi connectivity index (χ4n) is 4.63. The molecule has 0 aromatic rings. The number of rotatable bonds is 4. The fraction of sp³-hybridized carbons (Fsp3) is 0.742. The van der Waals surface area contributed by atoms with Crippen LogP contribution in [0, 0.1) is 17.8 Å². The number of nitrogens with two attached hydrogens (primary N) is 1. The quantitative estimate of drug-likeness (QED) is 0.244. The van der Waals surface area contributed by atoms with E-state index in [1.165, 1.54) is 11.6 Å². The van der Waals surface area contributed by atoms with Gasteiger partial charge in [-0.25, -0.2) is 4.79 Å². The van der Waals surface area contributed by atoms with Gasteiger partial charge >= 0.3 is 11.9 Å². The predicted molar refractivity (Wildman–Crippen MR) is 161 cm³/mol. The molecular formula is C31H57NO9. The van der Waals surface area contributed by atoms with Crippen molar-refractivity contribution in [3.8, 4) is 0 Å². The molecule has 0 aromatic carbocycles. The number of hydrogen-bond acceptors (Lipinski definition) is 9. The van der Waals surface area contributed by atoms with Crippen molar-refractivity contribution in [2.45, 2.75) is 91.1 Å². The maximum absolute atomic E-state index is 12.5. The van der Waals surface area contributed by atoms with Crippen LogP contribution in [0.3, 0.4) is 0 Å². The Bertz CT molecular complexity index is 794. The lowest BCUT2D eigenvalue weighted by atomic mass is 9.84. The SMILES string of the molecule is C/C=C(\N)C(=O)O.CC.COC.COC.COCC[C@H]1OC(=O)C[C@H]2C=CC3CC(O)CCC3OC2/C(C)=C/[C@H]1C. The molecule has 240 valence electrons. The van der Waals surface area contributed by atoms with Crippen LogP contribution in [0.5, 0.6) is 0 Å². The lowest BCUT2D eigenvalue weighted by molar-refractivity contribution is -0.153. The van der Waals surface area contributed by atoms with Gasteiger partial charge in [-0.3, -0.25) is 4.79 Å². The Labute approximate surface area is 247 Å². The number of cyclic esters (lactones) is 1. The monoisotopic (exact) mass is 587 g/mol. The van der Waals surface area contributed by atoms with Crippen molar-refractivity contribution >= 4 is 11.9 Å². The van der Waals surface area contributed by atoms with Crippen molar-refractivity contribution in [2.24, 2.45) is 23.5 Å². The van der Waals surface area contributed by atoms with Gasteiger partial charge in [0.25, 0.3) is 0 Å². The van der Waals surface area contributed by atoms with E-state index in [-0.39, 0.29) is 53.8 Å². The van der Waals surface area contributed by atoms with E-state index in [4.69, 9.17) is 25.1 Å². The molecule has 0 amide bonds. The van der Waals surface area contributed by atoms with Gasteiger partial charge in [-0.1, -0.05) is 45.1 Å². The van der Waals surface area contributed by atoms with Crippen LogP contribution in [-0.2, 0) is 33.3 Å². The molecule has 0 spiro atoms. The summed E-state index contributed by atoms with van der Waals surface area (Å²) < 4.78 is 25.9. The Balaban J connectivity index is 0. The van der Waals surface area contributed by atoms with Gasteiger partial charge in [0.1, 0.15) is 11.8 Å². The number of carbonyl (C=O) groups is 2. The van der Waals surface area contributed by atoms with E-state index in [1.54, 1.807) is 42.5 Å². The highest BCUT2D eigenvalue weighted by atomic mass is 16.5. The first-order valence-electron chi connectivity index (χ1n) is 14.3. The highest BCUT2D eigenvalue weighted by Crippen LogP contribution is 2.37. The minimum atomic E-state index is -1.07. The molecule has 7 atom stereocenters. The highest BCUT2D eigenvalue weighted by Gasteiger charge is 2.38. The first-order chi connectivity index (χ1) is 19.5. The average Bonchev–Trinajstić information content (AvgIpc) is 3.09.